The Morgan fingerprint density at radius 2 is 1.64 bits per heavy atom. The molecule has 2 nitrogen and oxygen atoms in total. The van der Waals surface area contributed by atoms with E-state index in [4.69, 9.17) is 0 Å². The third kappa shape index (κ3) is 3.97. The maximum absolute atomic E-state index is 3.62. The molecule has 0 radical (unpaired) electrons. The lowest BCUT2D eigenvalue weighted by Gasteiger charge is -2.11. The van der Waals surface area contributed by atoms with Crippen molar-refractivity contribution < 1.29 is 0 Å². The summed E-state index contributed by atoms with van der Waals surface area (Å²) < 4.78 is 0. The van der Waals surface area contributed by atoms with Gasteiger partial charge in [0.1, 0.15) is 0 Å². The maximum Gasteiger partial charge on any atom is 0.00793 e. The van der Waals surface area contributed by atoms with Gasteiger partial charge in [0.2, 0.25) is 0 Å². The monoisotopic (exact) mass is 196 g/mol. The van der Waals surface area contributed by atoms with Gasteiger partial charge < -0.3 is 10.6 Å². The summed E-state index contributed by atoms with van der Waals surface area (Å²) in [7, 11) is 0. The Hall–Kier alpha value is -0.0800. The van der Waals surface area contributed by atoms with Crippen molar-refractivity contribution in [3.63, 3.8) is 0 Å². The average Bonchev–Trinajstić information content (AvgIpc) is 2.87. The van der Waals surface area contributed by atoms with Crippen LogP contribution in [0, 0.1) is 5.92 Å². The fraction of sp³-hybridized carbons (Fsp3) is 1.00. The average molecular weight is 196 g/mol. The van der Waals surface area contributed by atoms with Crippen LogP contribution < -0.4 is 10.6 Å². The van der Waals surface area contributed by atoms with Crippen LogP contribution in [0.4, 0.5) is 0 Å². The van der Waals surface area contributed by atoms with E-state index in [0.29, 0.717) is 0 Å². The second-order valence-corrected chi connectivity index (χ2v) is 4.92. The highest BCUT2D eigenvalue weighted by Gasteiger charge is 2.19. The molecule has 0 atom stereocenters. The first-order chi connectivity index (χ1) is 6.95. The van der Waals surface area contributed by atoms with Gasteiger partial charge in [0.05, 0.1) is 0 Å². The Morgan fingerprint density at radius 3 is 2.36 bits per heavy atom. The minimum atomic E-state index is 0.834. The molecule has 2 heteroatoms. The zero-order chi connectivity index (χ0) is 9.64. The second kappa shape index (κ2) is 5.72. The van der Waals surface area contributed by atoms with Crippen molar-refractivity contribution >= 4 is 0 Å². The number of nitrogens with one attached hydrogen (secondary N) is 2. The predicted octanol–water partition coefficient (Wildman–Crippen LogP) is 1.91. The lowest BCUT2D eigenvalue weighted by molar-refractivity contribution is 0.503. The third-order valence-electron chi connectivity index (χ3n) is 3.52. The lowest BCUT2D eigenvalue weighted by atomic mass is 10.2. The van der Waals surface area contributed by atoms with Crippen molar-refractivity contribution in [1.29, 1.82) is 0 Å². The maximum atomic E-state index is 3.62. The fourth-order valence-corrected chi connectivity index (χ4v) is 2.33. The van der Waals surface area contributed by atoms with E-state index in [1.165, 1.54) is 51.5 Å². The topological polar surface area (TPSA) is 24.1 Å². The molecule has 2 saturated carbocycles. The first-order valence-electron chi connectivity index (χ1n) is 6.39. The Bertz CT molecular complexity index is 148. The summed E-state index contributed by atoms with van der Waals surface area (Å²) in [6, 6.07) is 0.834. The highest BCUT2D eigenvalue weighted by molar-refractivity contribution is 4.75. The number of rotatable bonds is 7. The second-order valence-electron chi connectivity index (χ2n) is 4.92. The Morgan fingerprint density at radius 1 is 0.857 bits per heavy atom. The van der Waals surface area contributed by atoms with Crippen molar-refractivity contribution in [2.24, 2.45) is 5.92 Å². The van der Waals surface area contributed by atoms with Crippen LogP contribution in [0.1, 0.15) is 44.9 Å². The summed E-state index contributed by atoms with van der Waals surface area (Å²) in [5, 5.41) is 7.14. The third-order valence-corrected chi connectivity index (χ3v) is 3.52. The highest BCUT2D eigenvalue weighted by Crippen LogP contribution is 2.31. The zero-order valence-corrected chi connectivity index (χ0v) is 9.23. The van der Waals surface area contributed by atoms with Crippen LogP contribution in [0.5, 0.6) is 0 Å². The molecule has 0 amide bonds. The fourth-order valence-electron chi connectivity index (χ4n) is 2.33. The lowest BCUT2D eigenvalue weighted by Crippen LogP contribution is -2.33. The van der Waals surface area contributed by atoms with Gasteiger partial charge in [0.15, 0.2) is 0 Å². The van der Waals surface area contributed by atoms with Gasteiger partial charge in [-0.1, -0.05) is 25.7 Å². The smallest absolute Gasteiger partial charge is 0.00793 e. The summed E-state index contributed by atoms with van der Waals surface area (Å²) in [5.41, 5.74) is 0. The van der Waals surface area contributed by atoms with Crippen molar-refractivity contribution in [2.75, 3.05) is 19.6 Å². The largest absolute Gasteiger partial charge is 0.315 e. The Balaban J connectivity index is 1.35. The van der Waals surface area contributed by atoms with Gasteiger partial charge in [0, 0.05) is 19.1 Å². The molecule has 0 aromatic heterocycles. The summed E-state index contributed by atoms with van der Waals surface area (Å²) in [4.78, 5) is 0. The van der Waals surface area contributed by atoms with E-state index in [1.807, 2.05) is 0 Å². The van der Waals surface area contributed by atoms with Crippen LogP contribution in [-0.2, 0) is 0 Å². The van der Waals surface area contributed by atoms with E-state index in [0.717, 1.165) is 25.0 Å². The summed E-state index contributed by atoms with van der Waals surface area (Å²) in [5.74, 6) is 1.07. The zero-order valence-electron chi connectivity index (χ0n) is 9.23. The molecule has 0 saturated heterocycles. The molecule has 2 aliphatic carbocycles. The molecule has 14 heavy (non-hydrogen) atoms. The van der Waals surface area contributed by atoms with Crippen LogP contribution in [0.25, 0.3) is 0 Å². The van der Waals surface area contributed by atoms with Gasteiger partial charge in [-0.15, -0.1) is 0 Å². The molecule has 2 N–H and O–H groups in total. The SMILES string of the molecule is C1CCC(NCCNCCC2CC2)C1. The summed E-state index contributed by atoms with van der Waals surface area (Å²) in [6.45, 7) is 3.55. The van der Waals surface area contributed by atoms with E-state index in [2.05, 4.69) is 10.6 Å². The molecule has 82 valence electrons. The van der Waals surface area contributed by atoms with Crippen molar-refractivity contribution in [3.8, 4) is 0 Å². The molecule has 2 fully saturated rings. The molecule has 0 aromatic carbocycles. The standard InChI is InChI=1S/C12H24N2/c1-2-4-12(3-1)14-10-9-13-8-7-11-5-6-11/h11-14H,1-10H2. The molecule has 2 aliphatic rings. The molecule has 0 unspecified atom stereocenters. The van der Waals surface area contributed by atoms with Gasteiger partial charge in [-0.05, 0) is 31.7 Å². The number of hydrogen-bond donors (Lipinski definition) is 2. The minimum absolute atomic E-state index is 0.834. The Kier molecular flexibility index (Phi) is 4.26. The predicted molar refractivity (Wildman–Crippen MR) is 60.5 cm³/mol. The Labute approximate surface area is 87.8 Å². The van der Waals surface area contributed by atoms with E-state index >= 15 is 0 Å². The van der Waals surface area contributed by atoms with Crippen LogP contribution in [0.2, 0.25) is 0 Å². The van der Waals surface area contributed by atoms with Gasteiger partial charge in [-0.3, -0.25) is 0 Å². The van der Waals surface area contributed by atoms with Gasteiger partial charge in [0.25, 0.3) is 0 Å². The van der Waals surface area contributed by atoms with Crippen LogP contribution in [0.15, 0.2) is 0 Å². The molecule has 0 aromatic rings. The van der Waals surface area contributed by atoms with Gasteiger partial charge in [-0.25, -0.2) is 0 Å². The van der Waals surface area contributed by atoms with Crippen molar-refractivity contribution in [3.05, 3.63) is 0 Å². The van der Waals surface area contributed by atoms with Crippen LogP contribution in [-0.4, -0.2) is 25.7 Å². The summed E-state index contributed by atoms with van der Waals surface area (Å²) >= 11 is 0. The normalized spacial score (nSPS) is 23.1. The molecule has 2 rings (SSSR count). The van der Waals surface area contributed by atoms with Gasteiger partial charge in [-0.2, -0.15) is 0 Å². The van der Waals surface area contributed by atoms with Crippen molar-refractivity contribution in [2.45, 2.75) is 51.0 Å². The molecule has 0 bridgehead atoms. The minimum Gasteiger partial charge on any atom is -0.315 e. The van der Waals surface area contributed by atoms with Crippen LogP contribution in [0.3, 0.4) is 0 Å². The molecule has 0 heterocycles. The summed E-state index contributed by atoms with van der Waals surface area (Å²) in [6.07, 6.45) is 10.1. The molecule has 0 spiro atoms. The highest BCUT2D eigenvalue weighted by atomic mass is 15.0. The number of hydrogen-bond acceptors (Lipinski definition) is 2. The molecular weight excluding hydrogens is 172 g/mol. The van der Waals surface area contributed by atoms with Crippen molar-refractivity contribution in [1.82, 2.24) is 10.6 Å². The van der Waals surface area contributed by atoms with Crippen LogP contribution >= 0.6 is 0 Å². The first kappa shape index (κ1) is 10.4. The van der Waals surface area contributed by atoms with E-state index in [9.17, 15) is 0 Å². The molecule has 0 aliphatic heterocycles. The molecular formula is C12H24N2. The van der Waals surface area contributed by atoms with E-state index in [-0.39, 0.29) is 0 Å². The van der Waals surface area contributed by atoms with E-state index < -0.39 is 0 Å². The van der Waals surface area contributed by atoms with E-state index in [1.54, 1.807) is 0 Å². The first-order valence-corrected chi connectivity index (χ1v) is 6.39. The quantitative estimate of drug-likeness (QED) is 0.608. The van der Waals surface area contributed by atoms with Gasteiger partial charge >= 0.3 is 0 Å².